The van der Waals surface area contributed by atoms with Crippen LogP contribution in [0.4, 0.5) is 0 Å². The Bertz CT molecular complexity index is 1110. The number of hydrogen-bond donors (Lipinski definition) is 2. The smallest absolute Gasteiger partial charge is 0.224 e. The topological polar surface area (TPSA) is 104 Å². The molecule has 1 aliphatic heterocycles. The number of hydrazine groups is 1. The molecule has 0 spiro atoms. The van der Waals surface area contributed by atoms with E-state index in [2.05, 4.69) is 31.5 Å². The van der Waals surface area contributed by atoms with Crippen molar-refractivity contribution in [2.24, 2.45) is 17.5 Å². The highest BCUT2D eigenvalue weighted by molar-refractivity contribution is 9.10. The normalized spacial score (nSPS) is 16.2. The van der Waals surface area contributed by atoms with Gasteiger partial charge < -0.3 is 24.8 Å². The average molecular weight is 475 g/mol. The van der Waals surface area contributed by atoms with E-state index in [-0.39, 0.29) is 0 Å². The fourth-order valence-corrected chi connectivity index (χ4v) is 4.80. The third-order valence-electron chi connectivity index (χ3n) is 5.61. The molecule has 0 atom stereocenters. The molecule has 0 aliphatic carbocycles. The average Bonchev–Trinajstić information content (AvgIpc) is 3.03. The minimum atomic E-state index is 0.524. The molecule has 1 fully saturated rings. The molecule has 0 aromatic carbocycles. The maximum Gasteiger partial charge on any atom is 0.224 e. The first-order valence-corrected chi connectivity index (χ1v) is 10.7. The molecule has 4 heterocycles. The summed E-state index contributed by atoms with van der Waals surface area (Å²) in [6.07, 6.45) is 5.65. The highest BCUT2D eigenvalue weighted by Crippen LogP contribution is 2.39. The number of nitrogens with two attached hydrogens (primary N) is 2. The number of nitrogens with zero attached hydrogens (tertiary/aromatic N) is 4. The third-order valence-corrected chi connectivity index (χ3v) is 6.19. The van der Waals surface area contributed by atoms with Gasteiger partial charge in [0.25, 0.3) is 0 Å². The van der Waals surface area contributed by atoms with Crippen LogP contribution >= 0.6 is 15.9 Å². The molecule has 9 heteroatoms. The van der Waals surface area contributed by atoms with Gasteiger partial charge in [-0.1, -0.05) is 0 Å². The Kier molecular flexibility index (Phi) is 5.86. The standard InChI is InChI=1S/C21H27BrN6O2/c1-12(23)19(27(2)24)14-8-16-18(25-9-14)17-20(15(22)10-26-21(17)29-3)28(16)11-13-4-6-30-7-5-13/h8-10,13H,4-7,11,23-24H2,1-3H3/b19-12-. The first-order valence-electron chi connectivity index (χ1n) is 9.95. The quantitative estimate of drug-likeness (QED) is 0.431. The lowest BCUT2D eigenvalue weighted by Crippen LogP contribution is -2.26. The zero-order valence-electron chi connectivity index (χ0n) is 17.5. The largest absolute Gasteiger partial charge is 0.480 e. The van der Waals surface area contributed by atoms with E-state index in [9.17, 15) is 0 Å². The Hall–Kier alpha value is -2.36. The second-order valence-electron chi connectivity index (χ2n) is 7.74. The van der Waals surface area contributed by atoms with Crippen LogP contribution in [0.15, 0.2) is 28.6 Å². The second kappa shape index (κ2) is 8.41. The van der Waals surface area contributed by atoms with Crippen molar-refractivity contribution >= 4 is 43.6 Å². The molecular formula is C21H27BrN6O2. The molecule has 8 nitrogen and oxygen atoms in total. The van der Waals surface area contributed by atoms with E-state index in [1.807, 2.05) is 6.92 Å². The van der Waals surface area contributed by atoms with Gasteiger partial charge in [0.2, 0.25) is 5.88 Å². The van der Waals surface area contributed by atoms with Crippen LogP contribution in [0.25, 0.3) is 27.6 Å². The Balaban J connectivity index is 2.00. The van der Waals surface area contributed by atoms with Crippen LogP contribution < -0.4 is 16.3 Å². The van der Waals surface area contributed by atoms with Crippen LogP contribution in [-0.2, 0) is 11.3 Å². The van der Waals surface area contributed by atoms with E-state index < -0.39 is 0 Å². The van der Waals surface area contributed by atoms with Crippen molar-refractivity contribution in [2.45, 2.75) is 26.3 Å². The number of fused-ring (bicyclic) bond motifs is 3. The van der Waals surface area contributed by atoms with Gasteiger partial charge in [-0.15, -0.1) is 0 Å². The summed E-state index contributed by atoms with van der Waals surface area (Å²) >= 11 is 3.70. The molecule has 1 aliphatic rings. The number of ether oxygens (including phenoxy) is 2. The fraction of sp³-hybridized carbons (Fsp3) is 0.429. The monoisotopic (exact) mass is 474 g/mol. The number of allylic oxidation sites excluding steroid dienone is 1. The van der Waals surface area contributed by atoms with Gasteiger partial charge in [0.05, 0.1) is 33.7 Å². The lowest BCUT2D eigenvalue weighted by Gasteiger charge is -2.24. The summed E-state index contributed by atoms with van der Waals surface area (Å²) in [5.41, 5.74) is 11.2. The van der Waals surface area contributed by atoms with Crippen LogP contribution in [0.3, 0.4) is 0 Å². The van der Waals surface area contributed by atoms with Crippen molar-refractivity contribution < 1.29 is 9.47 Å². The van der Waals surface area contributed by atoms with Crippen molar-refractivity contribution in [3.63, 3.8) is 0 Å². The number of rotatable bonds is 5. The highest BCUT2D eigenvalue weighted by atomic mass is 79.9. The van der Waals surface area contributed by atoms with E-state index >= 15 is 0 Å². The van der Waals surface area contributed by atoms with Crippen LogP contribution in [0.5, 0.6) is 5.88 Å². The van der Waals surface area contributed by atoms with Gasteiger partial charge in [0, 0.05) is 50.5 Å². The SMILES string of the molecule is COc1ncc(Br)c2c1c1ncc(/C(=C(\C)N)N(C)N)cc1n2CC1CCOCC1. The van der Waals surface area contributed by atoms with Gasteiger partial charge in [0.1, 0.15) is 5.52 Å². The number of methoxy groups -OCH3 is 1. The number of pyridine rings is 2. The first kappa shape index (κ1) is 20.9. The molecule has 4 N–H and O–H groups in total. The Morgan fingerprint density at radius 3 is 2.70 bits per heavy atom. The zero-order chi connectivity index (χ0) is 21.4. The van der Waals surface area contributed by atoms with Gasteiger partial charge in [-0.25, -0.2) is 10.8 Å². The molecule has 30 heavy (non-hydrogen) atoms. The van der Waals surface area contributed by atoms with Crippen LogP contribution in [-0.4, -0.2) is 46.9 Å². The molecule has 0 amide bonds. The summed E-state index contributed by atoms with van der Waals surface area (Å²) in [4.78, 5) is 9.25. The molecule has 160 valence electrons. The second-order valence-corrected chi connectivity index (χ2v) is 8.59. The summed E-state index contributed by atoms with van der Waals surface area (Å²) in [5.74, 6) is 7.14. The van der Waals surface area contributed by atoms with Gasteiger partial charge in [0.15, 0.2) is 0 Å². The highest BCUT2D eigenvalue weighted by Gasteiger charge is 2.23. The van der Waals surface area contributed by atoms with E-state index in [4.69, 9.17) is 26.0 Å². The van der Waals surface area contributed by atoms with Crippen molar-refractivity contribution in [1.29, 1.82) is 0 Å². The molecule has 0 saturated carbocycles. The van der Waals surface area contributed by atoms with E-state index in [1.54, 1.807) is 26.6 Å². The molecule has 4 rings (SSSR count). The number of halogens is 1. The minimum absolute atomic E-state index is 0.524. The van der Waals surface area contributed by atoms with Crippen molar-refractivity contribution in [1.82, 2.24) is 19.5 Å². The summed E-state index contributed by atoms with van der Waals surface area (Å²) in [7, 11) is 3.41. The minimum Gasteiger partial charge on any atom is -0.480 e. The van der Waals surface area contributed by atoms with Crippen molar-refractivity contribution in [3.05, 3.63) is 34.2 Å². The molecule has 3 aromatic heterocycles. The maximum atomic E-state index is 6.12. The van der Waals surface area contributed by atoms with Crippen LogP contribution in [0.2, 0.25) is 0 Å². The fourth-order valence-electron chi connectivity index (χ4n) is 4.28. The molecular weight excluding hydrogens is 448 g/mol. The van der Waals surface area contributed by atoms with Crippen LogP contribution in [0, 0.1) is 5.92 Å². The van der Waals surface area contributed by atoms with Crippen LogP contribution in [0.1, 0.15) is 25.3 Å². The maximum absolute atomic E-state index is 6.12. The predicted octanol–water partition coefficient (Wildman–Crippen LogP) is 3.23. The van der Waals surface area contributed by atoms with E-state index in [0.29, 0.717) is 17.5 Å². The van der Waals surface area contributed by atoms with Gasteiger partial charge in [-0.2, -0.15) is 0 Å². The lowest BCUT2D eigenvalue weighted by atomic mass is 10.0. The summed E-state index contributed by atoms with van der Waals surface area (Å²) < 4.78 is 14.4. The number of hydrogen-bond acceptors (Lipinski definition) is 7. The predicted molar refractivity (Wildman–Crippen MR) is 122 cm³/mol. The summed E-state index contributed by atoms with van der Waals surface area (Å²) in [6.45, 7) is 4.30. The molecule has 0 bridgehead atoms. The van der Waals surface area contributed by atoms with Gasteiger partial charge in [-0.3, -0.25) is 4.98 Å². The Morgan fingerprint density at radius 2 is 2.07 bits per heavy atom. The summed E-state index contributed by atoms with van der Waals surface area (Å²) in [6, 6.07) is 2.10. The zero-order valence-corrected chi connectivity index (χ0v) is 19.1. The van der Waals surface area contributed by atoms with E-state index in [0.717, 1.165) is 70.3 Å². The van der Waals surface area contributed by atoms with E-state index in [1.165, 1.54) is 5.01 Å². The molecule has 0 radical (unpaired) electrons. The van der Waals surface area contributed by atoms with Gasteiger partial charge in [-0.05, 0) is 47.7 Å². The third kappa shape index (κ3) is 3.61. The van der Waals surface area contributed by atoms with Crippen molar-refractivity contribution in [3.8, 4) is 5.88 Å². The lowest BCUT2D eigenvalue weighted by molar-refractivity contribution is 0.0619. The molecule has 3 aromatic rings. The number of aromatic nitrogens is 3. The van der Waals surface area contributed by atoms with Gasteiger partial charge >= 0.3 is 0 Å². The Morgan fingerprint density at radius 1 is 1.33 bits per heavy atom. The molecule has 1 saturated heterocycles. The molecule has 0 unspecified atom stereocenters. The Labute approximate surface area is 183 Å². The summed E-state index contributed by atoms with van der Waals surface area (Å²) in [5, 5.41) is 2.43. The van der Waals surface area contributed by atoms with Crippen molar-refractivity contribution in [2.75, 3.05) is 27.4 Å². The first-order chi connectivity index (χ1) is 14.4.